The molecular weight excluding hydrogens is 495 g/mol. The van der Waals surface area contributed by atoms with Gasteiger partial charge < -0.3 is 24.7 Å². The molecule has 3 aliphatic rings. The lowest BCUT2D eigenvalue weighted by atomic mass is 9.92. The van der Waals surface area contributed by atoms with Gasteiger partial charge in [-0.1, -0.05) is 12.1 Å². The van der Waals surface area contributed by atoms with Gasteiger partial charge in [-0.3, -0.25) is 0 Å². The number of fused-ring (bicyclic) bond motifs is 1. The van der Waals surface area contributed by atoms with Crippen molar-refractivity contribution in [3.8, 4) is 17.0 Å². The van der Waals surface area contributed by atoms with Crippen molar-refractivity contribution in [2.75, 3.05) is 18.5 Å². The van der Waals surface area contributed by atoms with Crippen LogP contribution in [0.25, 0.3) is 22.2 Å². The third-order valence-electron chi connectivity index (χ3n) is 8.03. The van der Waals surface area contributed by atoms with Crippen molar-refractivity contribution in [1.29, 1.82) is 0 Å². The third-order valence-corrected chi connectivity index (χ3v) is 8.03. The molecule has 1 aromatic heterocycles. The van der Waals surface area contributed by atoms with Crippen LogP contribution in [0.1, 0.15) is 63.0 Å². The maximum absolute atomic E-state index is 14.6. The number of ether oxygens (including phenoxy) is 2. The van der Waals surface area contributed by atoms with Gasteiger partial charge in [0.25, 0.3) is 0 Å². The summed E-state index contributed by atoms with van der Waals surface area (Å²) in [5.74, 6) is 0.583. The van der Waals surface area contributed by atoms with Crippen LogP contribution in [-0.2, 0) is 10.9 Å². The van der Waals surface area contributed by atoms with Gasteiger partial charge in [0.2, 0.25) is 0 Å². The fourth-order valence-corrected chi connectivity index (χ4v) is 5.56. The molecule has 1 aliphatic heterocycles. The number of hydrogen-bond donors (Lipinski definition) is 2. The van der Waals surface area contributed by atoms with E-state index < -0.39 is 11.7 Å². The molecule has 2 aliphatic carbocycles. The van der Waals surface area contributed by atoms with Crippen LogP contribution in [0.3, 0.4) is 0 Å². The van der Waals surface area contributed by atoms with Crippen LogP contribution in [0, 0.1) is 0 Å². The van der Waals surface area contributed by atoms with Crippen LogP contribution >= 0.6 is 0 Å². The molecule has 3 aromatic rings. The van der Waals surface area contributed by atoms with Gasteiger partial charge >= 0.3 is 12.2 Å². The normalized spacial score (nSPS) is 19.1. The molecule has 0 radical (unpaired) electrons. The molecule has 0 bridgehead atoms. The number of anilines is 1. The number of carbonyl (C=O) groups excluding carboxylic acids is 1. The molecule has 9 heteroatoms. The topological polar surface area (TPSA) is 64.5 Å². The van der Waals surface area contributed by atoms with Gasteiger partial charge in [0, 0.05) is 42.1 Å². The molecule has 1 saturated heterocycles. The zero-order valence-corrected chi connectivity index (χ0v) is 21.2. The van der Waals surface area contributed by atoms with Crippen LogP contribution in [0.4, 0.5) is 23.7 Å². The number of halogens is 3. The van der Waals surface area contributed by atoms with E-state index >= 15 is 0 Å². The molecule has 6 nitrogen and oxygen atoms in total. The van der Waals surface area contributed by atoms with Gasteiger partial charge in [0.15, 0.2) is 0 Å². The summed E-state index contributed by atoms with van der Waals surface area (Å²) in [6, 6.07) is 11.5. The summed E-state index contributed by atoms with van der Waals surface area (Å²) >= 11 is 0. The molecule has 202 valence electrons. The summed E-state index contributed by atoms with van der Waals surface area (Å²) in [7, 11) is 0. The Hall–Kier alpha value is -3.20. The molecule has 3 fully saturated rings. The number of alkyl halides is 3. The first-order valence-corrected chi connectivity index (χ1v) is 13.5. The minimum Gasteiger partial charge on any atom is -0.490 e. The van der Waals surface area contributed by atoms with E-state index in [0.29, 0.717) is 35.7 Å². The fourth-order valence-electron chi connectivity index (χ4n) is 5.56. The predicted molar refractivity (Wildman–Crippen MR) is 140 cm³/mol. The zero-order valence-electron chi connectivity index (χ0n) is 21.2. The average molecular weight is 528 g/mol. The molecule has 2 heterocycles. The third kappa shape index (κ3) is 4.96. The highest BCUT2D eigenvalue weighted by atomic mass is 19.4. The summed E-state index contributed by atoms with van der Waals surface area (Å²) in [6.07, 6.45) is 2.70. The van der Waals surface area contributed by atoms with E-state index in [1.165, 1.54) is 0 Å². The van der Waals surface area contributed by atoms with Crippen molar-refractivity contribution in [3.05, 3.63) is 48.0 Å². The van der Waals surface area contributed by atoms with Crippen LogP contribution < -0.4 is 15.4 Å². The SMILES string of the molecule is O=C(Nc1ccc(-c2c(C(F)(F)F)c3ccc(OC4CCOCC4)cc3n2C2CCC2)cc1)NC1CCC1. The molecule has 0 atom stereocenters. The number of rotatable bonds is 6. The lowest BCUT2D eigenvalue weighted by molar-refractivity contribution is -0.135. The summed E-state index contributed by atoms with van der Waals surface area (Å²) in [4.78, 5) is 12.2. The Morgan fingerprint density at radius 2 is 1.66 bits per heavy atom. The number of urea groups is 1. The summed E-state index contributed by atoms with van der Waals surface area (Å²) in [6.45, 7) is 1.25. The Bertz CT molecular complexity index is 1300. The van der Waals surface area contributed by atoms with Gasteiger partial charge in [-0.25, -0.2) is 4.79 Å². The zero-order chi connectivity index (χ0) is 26.3. The minimum absolute atomic E-state index is 0.00333. The molecular formula is C29H32F3N3O3. The van der Waals surface area contributed by atoms with Crippen molar-refractivity contribution in [2.24, 2.45) is 0 Å². The van der Waals surface area contributed by atoms with E-state index in [4.69, 9.17) is 9.47 Å². The van der Waals surface area contributed by atoms with E-state index in [1.807, 2.05) is 4.57 Å². The largest absolute Gasteiger partial charge is 0.490 e. The first-order chi connectivity index (χ1) is 18.4. The van der Waals surface area contributed by atoms with Gasteiger partial charge in [0.05, 0.1) is 30.0 Å². The number of nitrogens with one attached hydrogen (secondary N) is 2. The number of carbonyl (C=O) groups is 1. The van der Waals surface area contributed by atoms with Crippen LogP contribution in [-0.4, -0.2) is 36.0 Å². The molecule has 2 N–H and O–H groups in total. The molecule has 38 heavy (non-hydrogen) atoms. The predicted octanol–water partition coefficient (Wildman–Crippen LogP) is 7.28. The van der Waals surface area contributed by atoms with E-state index in [1.54, 1.807) is 42.5 Å². The van der Waals surface area contributed by atoms with E-state index in [9.17, 15) is 18.0 Å². The Kier molecular flexibility index (Phi) is 6.72. The van der Waals surface area contributed by atoms with Crippen LogP contribution in [0.15, 0.2) is 42.5 Å². The van der Waals surface area contributed by atoms with Crippen molar-refractivity contribution in [1.82, 2.24) is 9.88 Å². The molecule has 0 unspecified atom stereocenters. The van der Waals surface area contributed by atoms with E-state index in [0.717, 1.165) is 51.4 Å². The van der Waals surface area contributed by atoms with Gasteiger partial charge in [-0.05, 0) is 68.4 Å². The minimum atomic E-state index is -4.54. The first-order valence-electron chi connectivity index (χ1n) is 13.5. The summed E-state index contributed by atoms with van der Waals surface area (Å²) in [5.41, 5.74) is 1.10. The van der Waals surface area contributed by atoms with Crippen LogP contribution in [0.5, 0.6) is 5.75 Å². The highest BCUT2D eigenvalue weighted by Gasteiger charge is 2.41. The maximum atomic E-state index is 14.6. The summed E-state index contributed by atoms with van der Waals surface area (Å²) < 4.78 is 57.3. The maximum Gasteiger partial charge on any atom is 0.419 e. The van der Waals surface area contributed by atoms with Gasteiger partial charge in [-0.15, -0.1) is 0 Å². The van der Waals surface area contributed by atoms with E-state index in [-0.39, 0.29) is 35.3 Å². The highest BCUT2D eigenvalue weighted by Crippen LogP contribution is 2.49. The Morgan fingerprint density at radius 1 is 0.947 bits per heavy atom. The lowest BCUT2D eigenvalue weighted by Gasteiger charge is -2.30. The molecule has 2 saturated carbocycles. The average Bonchev–Trinajstić information content (AvgIpc) is 3.16. The number of nitrogens with zero attached hydrogens (tertiary/aromatic N) is 1. The smallest absolute Gasteiger partial charge is 0.419 e. The molecule has 6 rings (SSSR count). The second-order valence-electron chi connectivity index (χ2n) is 10.6. The van der Waals surface area contributed by atoms with Crippen molar-refractivity contribution in [3.63, 3.8) is 0 Å². The standard InChI is InChI=1S/C29H32F3N3O3/c30-29(31,32)26-24-12-11-23(38-22-13-15-37-16-14-22)17-25(24)35(21-5-2-6-21)27(26)18-7-9-20(10-8-18)34-28(36)33-19-3-1-4-19/h7-12,17,19,21-22H,1-6,13-16H2,(H2,33,34,36). The van der Waals surface area contributed by atoms with Gasteiger partial charge in [-0.2, -0.15) is 13.2 Å². The second-order valence-corrected chi connectivity index (χ2v) is 10.6. The van der Waals surface area contributed by atoms with Gasteiger partial charge in [0.1, 0.15) is 11.9 Å². The number of hydrogen-bond acceptors (Lipinski definition) is 3. The van der Waals surface area contributed by atoms with Crippen molar-refractivity contribution >= 4 is 22.6 Å². The Balaban J connectivity index is 1.37. The van der Waals surface area contributed by atoms with E-state index in [2.05, 4.69) is 10.6 Å². The second kappa shape index (κ2) is 10.2. The Morgan fingerprint density at radius 3 is 2.26 bits per heavy atom. The quantitative estimate of drug-likeness (QED) is 0.354. The number of aromatic nitrogens is 1. The Labute approximate surface area is 219 Å². The first kappa shape index (κ1) is 25.1. The van der Waals surface area contributed by atoms with Crippen molar-refractivity contribution in [2.45, 2.75) is 75.7 Å². The monoisotopic (exact) mass is 527 g/mol. The number of amides is 2. The molecule has 2 amide bonds. The number of benzene rings is 2. The van der Waals surface area contributed by atoms with Crippen molar-refractivity contribution < 1.29 is 27.4 Å². The molecule has 0 spiro atoms. The molecule has 2 aromatic carbocycles. The summed E-state index contributed by atoms with van der Waals surface area (Å²) in [5, 5.41) is 5.88. The lowest BCUT2D eigenvalue weighted by Crippen LogP contribution is -2.41. The van der Waals surface area contributed by atoms with Crippen LogP contribution in [0.2, 0.25) is 0 Å². The highest BCUT2D eigenvalue weighted by molar-refractivity contribution is 5.94. The fraction of sp³-hybridized carbons (Fsp3) is 0.483.